The highest BCUT2D eigenvalue weighted by atomic mass is 16.1. The fourth-order valence-electron chi connectivity index (χ4n) is 2.00. The Kier molecular flexibility index (Phi) is 6.03. The molecule has 1 rings (SSSR count). The second-order valence-corrected chi connectivity index (χ2v) is 5.63. The lowest BCUT2D eigenvalue weighted by atomic mass is 9.94. The monoisotopic (exact) mass is 262 g/mol. The van der Waals surface area contributed by atoms with Gasteiger partial charge in [0, 0.05) is 19.0 Å². The Morgan fingerprint density at radius 2 is 1.63 bits per heavy atom. The maximum Gasteiger partial charge on any atom is 0.220 e. The van der Waals surface area contributed by atoms with Crippen LogP contribution < -0.4 is 11.1 Å². The quantitative estimate of drug-likeness (QED) is 0.828. The Balaban J connectivity index is 2.57. The first-order valence-corrected chi connectivity index (χ1v) is 7.03. The van der Waals surface area contributed by atoms with Crippen LogP contribution in [-0.4, -0.2) is 18.5 Å². The third-order valence-corrected chi connectivity index (χ3v) is 3.42. The number of nitrogens with one attached hydrogen (secondary N) is 1. The standard InChI is InChI=1S/C16H26N2O/c1-11(2)14-5-7-15(8-6-14)12(3)9-16(19)18-13(4)10-17/h5-8,11-13H,9-10,17H2,1-4H3,(H,18,19)/t12?,13-/m0/s1. The zero-order valence-corrected chi connectivity index (χ0v) is 12.4. The molecule has 0 heterocycles. The van der Waals surface area contributed by atoms with Crippen LogP contribution in [0.15, 0.2) is 24.3 Å². The van der Waals surface area contributed by atoms with E-state index in [4.69, 9.17) is 5.73 Å². The summed E-state index contributed by atoms with van der Waals surface area (Å²) in [6.07, 6.45) is 0.505. The van der Waals surface area contributed by atoms with E-state index in [0.29, 0.717) is 18.9 Å². The van der Waals surface area contributed by atoms with E-state index in [1.807, 2.05) is 6.92 Å². The summed E-state index contributed by atoms with van der Waals surface area (Å²) in [5.41, 5.74) is 8.03. The van der Waals surface area contributed by atoms with Crippen molar-refractivity contribution in [2.45, 2.75) is 52.0 Å². The molecule has 0 aromatic heterocycles. The fraction of sp³-hybridized carbons (Fsp3) is 0.562. The van der Waals surface area contributed by atoms with Crippen molar-refractivity contribution in [3.8, 4) is 0 Å². The SMILES string of the molecule is CC(C)c1ccc(C(C)CC(=O)N[C@@H](C)CN)cc1. The van der Waals surface area contributed by atoms with Crippen LogP contribution in [0, 0.1) is 0 Å². The van der Waals surface area contributed by atoms with Crippen LogP contribution >= 0.6 is 0 Å². The Labute approximate surface area is 116 Å². The van der Waals surface area contributed by atoms with Crippen LogP contribution in [0.3, 0.4) is 0 Å². The van der Waals surface area contributed by atoms with Gasteiger partial charge in [0.2, 0.25) is 5.91 Å². The summed E-state index contributed by atoms with van der Waals surface area (Å²) in [6.45, 7) is 8.83. The van der Waals surface area contributed by atoms with Gasteiger partial charge in [-0.1, -0.05) is 45.0 Å². The second kappa shape index (κ2) is 7.29. The number of carbonyl (C=O) groups excluding carboxylic acids is 1. The molecule has 0 saturated carbocycles. The van der Waals surface area contributed by atoms with Gasteiger partial charge in [0.05, 0.1) is 0 Å². The van der Waals surface area contributed by atoms with Crippen molar-refractivity contribution in [2.75, 3.05) is 6.54 Å². The van der Waals surface area contributed by atoms with Crippen LogP contribution in [0.5, 0.6) is 0 Å². The van der Waals surface area contributed by atoms with Gasteiger partial charge in [-0.05, 0) is 29.9 Å². The number of carbonyl (C=O) groups is 1. The maximum absolute atomic E-state index is 11.8. The van der Waals surface area contributed by atoms with Gasteiger partial charge < -0.3 is 11.1 Å². The van der Waals surface area contributed by atoms with Crippen molar-refractivity contribution in [3.63, 3.8) is 0 Å². The average molecular weight is 262 g/mol. The molecular formula is C16H26N2O. The largest absolute Gasteiger partial charge is 0.352 e. The van der Waals surface area contributed by atoms with Gasteiger partial charge in [0.1, 0.15) is 0 Å². The third-order valence-electron chi connectivity index (χ3n) is 3.42. The topological polar surface area (TPSA) is 55.1 Å². The lowest BCUT2D eigenvalue weighted by Gasteiger charge is -2.16. The lowest BCUT2D eigenvalue weighted by Crippen LogP contribution is -2.38. The first kappa shape index (κ1) is 15.7. The molecule has 0 aliphatic carbocycles. The predicted octanol–water partition coefficient (Wildman–Crippen LogP) is 2.77. The van der Waals surface area contributed by atoms with Gasteiger partial charge in [-0.15, -0.1) is 0 Å². The van der Waals surface area contributed by atoms with Crippen LogP contribution in [0.1, 0.15) is 57.1 Å². The molecule has 0 bridgehead atoms. The third kappa shape index (κ3) is 5.03. The lowest BCUT2D eigenvalue weighted by molar-refractivity contribution is -0.121. The van der Waals surface area contributed by atoms with Crippen LogP contribution in [0.2, 0.25) is 0 Å². The molecule has 19 heavy (non-hydrogen) atoms. The predicted molar refractivity (Wildman–Crippen MR) is 80.2 cm³/mol. The van der Waals surface area contributed by atoms with Crippen LogP contribution in [0.4, 0.5) is 0 Å². The minimum Gasteiger partial charge on any atom is -0.352 e. The summed E-state index contributed by atoms with van der Waals surface area (Å²) in [6, 6.07) is 8.59. The molecule has 0 radical (unpaired) electrons. The molecule has 0 aliphatic rings. The van der Waals surface area contributed by atoms with Gasteiger partial charge >= 0.3 is 0 Å². The fourth-order valence-corrected chi connectivity index (χ4v) is 2.00. The Bertz CT molecular complexity index is 398. The zero-order chi connectivity index (χ0) is 14.4. The van der Waals surface area contributed by atoms with Crippen molar-refractivity contribution in [1.29, 1.82) is 0 Å². The minimum atomic E-state index is 0.0445. The van der Waals surface area contributed by atoms with E-state index in [0.717, 1.165) is 0 Å². The highest BCUT2D eigenvalue weighted by molar-refractivity contribution is 5.77. The van der Waals surface area contributed by atoms with Crippen molar-refractivity contribution in [3.05, 3.63) is 35.4 Å². The summed E-state index contributed by atoms with van der Waals surface area (Å²) in [5, 5.41) is 2.90. The molecule has 3 heteroatoms. The average Bonchev–Trinajstić information content (AvgIpc) is 2.38. The number of nitrogens with two attached hydrogens (primary N) is 1. The molecule has 1 unspecified atom stereocenters. The van der Waals surface area contributed by atoms with Gasteiger partial charge in [0.25, 0.3) is 0 Å². The van der Waals surface area contributed by atoms with Crippen molar-refractivity contribution in [1.82, 2.24) is 5.32 Å². The molecule has 3 N–H and O–H groups in total. The summed E-state index contributed by atoms with van der Waals surface area (Å²) in [7, 11) is 0. The first-order chi connectivity index (χ1) is 8.93. The van der Waals surface area contributed by atoms with E-state index in [-0.39, 0.29) is 17.9 Å². The smallest absolute Gasteiger partial charge is 0.220 e. The Hall–Kier alpha value is -1.35. The number of benzene rings is 1. The van der Waals surface area contributed by atoms with Crippen LogP contribution in [-0.2, 0) is 4.79 Å². The van der Waals surface area contributed by atoms with Gasteiger partial charge in [-0.2, -0.15) is 0 Å². The highest BCUT2D eigenvalue weighted by Gasteiger charge is 2.13. The molecule has 0 fully saturated rings. The van der Waals surface area contributed by atoms with Gasteiger partial charge in [-0.3, -0.25) is 4.79 Å². The summed E-state index contributed by atoms with van der Waals surface area (Å²) < 4.78 is 0. The first-order valence-electron chi connectivity index (χ1n) is 7.03. The van der Waals surface area contributed by atoms with E-state index in [1.165, 1.54) is 11.1 Å². The normalized spacial score (nSPS) is 14.2. The van der Waals surface area contributed by atoms with E-state index in [1.54, 1.807) is 0 Å². The van der Waals surface area contributed by atoms with Crippen molar-refractivity contribution < 1.29 is 4.79 Å². The van der Waals surface area contributed by atoms with E-state index >= 15 is 0 Å². The molecule has 1 amide bonds. The van der Waals surface area contributed by atoms with E-state index < -0.39 is 0 Å². The number of hydrogen-bond donors (Lipinski definition) is 2. The number of hydrogen-bond acceptors (Lipinski definition) is 2. The molecule has 1 aromatic rings. The highest BCUT2D eigenvalue weighted by Crippen LogP contribution is 2.22. The second-order valence-electron chi connectivity index (χ2n) is 5.63. The summed E-state index contributed by atoms with van der Waals surface area (Å²) in [4.78, 5) is 11.8. The minimum absolute atomic E-state index is 0.0445. The van der Waals surface area contributed by atoms with Crippen molar-refractivity contribution >= 4 is 5.91 Å². The Morgan fingerprint density at radius 1 is 1.11 bits per heavy atom. The molecule has 2 atom stereocenters. The molecule has 1 aromatic carbocycles. The molecular weight excluding hydrogens is 236 g/mol. The summed E-state index contributed by atoms with van der Waals surface area (Å²) in [5.74, 6) is 0.836. The van der Waals surface area contributed by atoms with Crippen LogP contribution in [0.25, 0.3) is 0 Å². The molecule has 0 saturated heterocycles. The molecule has 0 aliphatic heterocycles. The van der Waals surface area contributed by atoms with Gasteiger partial charge in [0.15, 0.2) is 0 Å². The summed E-state index contributed by atoms with van der Waals surface area (Å²) >= 11 is 0. The molecule has 106 valence electrons. The number of rotatable bonds is 6. The van der Waals surface area contributed by atoms with Crippen molar-refractivity contribution in [2.24, 2.45) is 5.73 Å². The molecule has 3 nitrogen and oxygen atoms in total. The van der Waals surface area contributed by atoms with E-state index in [9.17, 15) is 4.79 Å². The number of amides is 1. The van der Waals surface area contributed by atoms with E-state index in [2.05, 4.69) is 50.4 Å². The maximum atomic E-state index is 11.8. The van der Waals surface area contributed by atoms with Gasteiger partial charge in [-0.25, -0.2) is 0 Å². The Morgan fingerprint density at radius 3 is 2.11 bits per heavy atom. The molecule has 0 spiro atoms. The zero-order valence-electron chi connectivity index (χ0n) is 12.4.